The monoisotopic (exact) mass is 457 g/mol. The van der Waals surface area contributed by atoms with Crippen LogP contribution in [0, 0.1) is 13.8 Å². The lowest BCUT2D eigenvalue weighted by molar-refractivity contribution is 0.0783. The molecule has 1 aliphatic heterocycles. The highest BCUT2D eigenvalue weighted by Crippen LogP contribution is 2.24. The number of aromatic amines is 1. The smallest absolute Gasteiger partial charge is 0.255 e. The Labute approximate surface area is 197 Å². The predicted molar refractivity (Wildman–Crippen MR) is 130 cm³/mol. The standard InChI is InChI=1S/C25H27N7O2/c1-14-15(2)29-22-9-16(4-5-20(14)22)25(34)32-7-6-19(13-32)30-24(33)21-8-17(10-27-23(21)26)18-11-28-31(3)12-18/h4-5,8-12,19,29H,6-7,13H2,1-3H3,(H2,26,27)(H,30,33)/t19-/m1/s1. The number of anilines is 1. The molecule has 174 valence electrons. The number of aryl methyl sites for hydroxylation is 3. The van der Waals surface area contributed by atoms with Crippen molar-refractivity contribution in [1.29, 1.82) is 0 Å². The first kappa shape index (κ1) is 21.7. The molecule has 9 nitrogen and oxygen atoms in total. The zero-order chi connectivity index (χ0) is 24.0. The molecule has 1 aromatic carbocycles. The highest BCUT2D eigenvalue weighted by Gasteiger charge is 2.29. The molecule has 0 aliphatic carbocycles. The fourth-order valence-electron chi connectivity index (χ4n) is 4.50. The molecule has 0 radical (unpaired) electrons. The van der Waals surface area contributed by atoms with Crippen molar-refractivity contribution in [2.75, 3.05) is 18.8 Å². The van der Waals surface area contributed by atoms with Crippen molar-refractivity contribution in [3.05, 3.63) is 65.2 Å². The molecule has 1 saturated heterocycles. The molecule has 2 amide bonds. The van der Waals surface area contributed by atoms with E-state index in [0.717, 1.165) is 27.7 Å². The number of aromatic nitrogens is 4. The maximum Gasteiger partial charge on any atom is 0.255 e. The van der Waals surface area contributed by atoms with Crippen LogP contribution in [-0.4, -0.2) is 55.6 Å². The predicted octanol–water partition coefficient (Wildman–Crippen LogP) is 2.81. The maximum atomic E-state index is 13.1. The van der Waals surface area contributed by atoms with Crippen molar-refractivity contribution in [3.63, 3.8) is 0 Å². The molecule has 4 N–H and O–H groups in total. The minimum atomic E-state index is -0.297. The van der Waals surface area contributed by atoms with Crippen LogP contribution in [-0.2, 0) is 7.05 Å². The van der Waals surface area contributed by atoms with Gasteiger partial charge in [0, 0.05) is 71.9 Å². The van der Waals surface area contributed by atoms with Gasteiger partial charge < -0.3 is 20.9 Å². The summed E-state index contributed by atoms with van der Waals surface area (Å²) in [4.78, 5) is 35.4. The van der Waals surface area contributed by atoms with E-state index in [1.165, 1.54) is 5.56 Å². The molecule has 4 heterocycles. The summed E-state index contributed by atoms with van der Waals surface area (Å²) in [6.07, 6.45) is 5.87. The molecule has 4 aromatic rings. The summed E-state index contributed by atoms with van der Waals surface area (Å²) in [6, 6.07) is 7.33. The third kappa shape index (κ3) is 3.89. The van der Waals surface area contributed by atoms with Crippen molar-refractivity contribution in [2.45, 2.75) is 26.3 Å². The Morgan fingerprint density at radius 3 is 2.76 bits per heavy atom. The van der Waals surface area contributed by atoms with Crippen LogP contribution in [0.5, 0.6) is 0 Å². The van der Waals surface area contributed by atoms with E-state index < -0.39 is 0 Å². The quantitative estimate of drug-likeness (QED) is 0.435. The molecule has 3 aromatic heterocycles. The van der Waals surface area contributed by atoms with E-state index in [2.05, 4.69) is 27.3 Å². The Balaban J connectivity index is 1.27. The van der Waals surface area contributed by atoms with Crippen LogP contribution in [0.3, 0.4) is 0 Å². The zero-order valence-electron chi connectivity index (χ0n) is 19.4. The summed E-state index contributed by atoms with van der Waals surface area (Å²) in [6.45, 7) is 5.12. The fourth-order valence-corrected chi connectivity index (χ4v) is 4.50. The van der Waals surface area contributed by atoms with Crippen LogP contribution in [0.1, 0.15) is 38.4 Å². The summed E-state index contributed by atoms with van der Waals surface area (Å²) < 4.78 is 1.69. The van der Waals surface area contributed by atoms with Crippen LogP contribution in [0.15, 0.2) is 42.9 Å². The van der Waals surface area contributed by atoms with Crippen molar-refractivity contribution in [1.82, 2.24) is 30.0 Å². The van der Waals surface area contributed by atoms with E-state index in [1.54, 1.807) is 28.0 Å². The van der Waals surface area contributed by atoms with Gasteiger partial charge >= 0.3 is 0 Å². The highest BCUT2D eigenvalue weighted by atomic mass is 16.2. The third-order valence-electron chi connectivity index (χ3n) is 6.57. The molecule has 0 unspecified atom stereocenters. The second-order valence-electron chi connectivity index (χ2n) is 8.91. The Bertz CT molecular complexity index is 1420. The Hall–Kier alpha value is -4.14. The number of benzene rings is 1. The highest BCUT2D eigenvalue weighted by molar-refractivity contribution is 6.00. The van der Waals surface area contributed by atoms with Gasteiger partial charge in [0.2, 0.25) is 0 Å². The maximum absolute atomic E-state index is 13.1. The Kier molecular flexibility index (Phi) is 5.31. The van der Waals surface area contributed by atoms with Gasteiger partial charge in [-0.1, -0.05) is 6.07 Å². The number of likely N-dealkylation sites (tertiary alicyclic amines) is 1. The molecule has 0 spiro atoms. The molecule has 9 heteroatoms. The van der Waals surface area contributed by atoms with Gasteiger partial charge in [-0.2, -0.15) is 5.10 Å². The number of nitrogens with zero attached hydrogens (tertiary/aromatic N) is 4. The first-order chi connectivity index (χ1) is 16.3. The van der Waals surface area contributed by atoms with E-state index >= 15 is 0 Å². The number of carbonyl (C=O) groups excluding carboxylic acids is 2. The number of amides is 2. The second-order valence-corrected chi connectivity index (χ2v) is 8.91. The van der Waals surface area contributed by atoms with Crippen molar-refractivity contribution in [3.8, 4) is 11.1 Å². The SMILES string of the molecule is Cc1[nH]c2cc(C(=O)N3CC[C@@H](NC(=O)c4cc(-c5cnn(C)c5)cnc4N)C3)ccc2c1C. The van der Waals surface area contributed by atoms with Crippen LogP contribution in [0.2, 0.25) is 0 Å². The Morgan fingerprint density at radius 2 is 2.00 bits per heavy atom. The average molecular weight is 458 g/mol. The van der Waals surface area contributed by atoms with Gasteiger partial charge in [-0.05, 0) is 44.0 Å². The number of hydrogen-bond acceptors (Lipinski definition) is 5. The normalized spacial score (nSPS) is 15.7. The number of nitrogens with one attached hydrogen (secondary N) is 2. The van der Waals surface area contributed by atoms with Gasteiger partial charge in [0.05, 0.1) is 11.8 Å². The number of hydrogen-bond donors (Lipinski definition) is 3. The molecule has 5 rings (SSSR count). The second kappa shape index (κ2) is 8.33. The molecule has 1 fully saturated rings. The van der Waals surface area contributed by atoms with Gasteiger partial charge in [0.1, 0.15) is 5.82 Å². The van der Waals surface area contributed by atoms with Crippen molar-refractivity contribution < 1.29 is 9.59 Å². The van der Waals surface area contributed by atoms with Crippen molar-refractivity contribution >= 4 is 28.5 Å². The van der Waals surface area contributed by atoms with Gasteiger partial charge in [-0.25, -0.2) is 4.98 Å². The van der Waals surface area contributed by atoms with E-state index in [4.69, 9.17) is 5.73 Å². The molecule has 0 bridgehead atoms. The average Bonchev–Trinajstić information content (AvgIpc) is 3.53. The lowest BCUT2D eigenvalue weighted by Gasteiger charge is -2.18. The van der Waals surface area contributed by atoms with E-state index in [0.29, 0.717) is 30.6 Å². The number of pyridine rings is 1. The van der Waals surface area contributed by atoms with E-state index in [1.807, 2.05) is 38.4 Å². The summed E-state index contributed by atoms with van der Waals surface area (Å²) in [5.74, 6) is -0.169. The van der Waals surface area contributed by atoms with E-state index in [-0.39, 0.29) is 23.7 Å². The van der Waals surface area contributed by atoms with Gasteiger partial charge in [0.15, 0.2) is 0 Å². The molecular weight excluding hydrogens is 430 g/mol. The largest absolute Gasteiger partial charge is 0.383 e. The first-order valence-electron chi connectivity index (χ1n) is 11.2. The lowest BCUT2D eigenvalue weighted by atomic mass is 10.1. The number of carbonyl (C=O) groups is 2. The summed E-state index contributed by atoms with van der Waals surface area (Å²) in [5, 5.41) is 8.30. The van der Waals surface area contributed by atoms with Crippen LogP contribution >= 0.6 is 0 Å². The number of rotatable bonds is 4. The van der Waals surface area contributed by atoms with Gasteiger partial charge in [-0.3, -0.25) is 14.3 Å². The van der Waals surface area contributed by atoms with Gasteiger partial charge in [-0.15, -0.1) is 0 Å². The summed E-state index contributed by atoms with van der Waals surface area (Å²) in [5.41, 5.74) is 11.8. The summed E-state index contributed by atoms with van der Waals surface area (Å²) >= 11 is 0. The zero-order valence-corrected chi connectivity index (χ0v) is 19.4. The molecule has 0 saturated carbocycles. The Morgan fingerprint density at radius 1 is 1.18 bits per heavy atom. The summed E-state index contributed by atoms with van der Waals surface area (Å²) in [7, 11) is 1.83. The molecule has 34 heavy (non-hydrogen) atoms. The first-order valence-corrected chi connectivity index (χ1v) is 11.2. The van der Waals surface area contributed by atoms with Crippen molar-refractivity contribution in [2.24, 2.45) is 7.05 Å². The molecule has 1 aliphatic rings. The number of fused-ring (bicyclic) bond motifs is 1. The number of H-pyrrole nitrogens is 1. The van der Waals surface area contributed by atoms with Gasteiger partial charge in [0.25, 0.3) is 11.8 Å². The molecular formula is C25H27N7O2. The minimum absolute atomic E-state index is 0.0386. The number of nitrogens with two attached hydrogens (primary N) is 1. The number of nitrogen functional groups attached to an aromatic ring is 1. The third-order valence-corrected chi connectivity index (χ3v) is 6.57. The van der Waals surface area contributed by atoms with Crippen LogP contribution in [0.4, 0.5) is 5.82 Å². The minimum Gasteiger partial charge on any atom is -0.383 e. The van der Waals surface area contributed by atoms with Crippen LogP contribution in [0.25, 0.3) is 22.0 Å². The molecule has 1 atom stereocenters. The lowest BCUT2D eigenvalue weighted by Crippen LogP contribution is -2.38. The van der Waals surface area contributed by atoms with Crippen LogP contribution < -0.4 is 11.1 Å². The topological polar surface area (TPSA) is 122 Å². The fraction of sp³-hybridized carbons (Fsp3) is 0.280. The van der Waals surface area contributed by atoms with E-state index in [9.17, 15) is 9.59 Å².